The van der Waals surface area contributed by atoms with Gasteiger partial charge in [0.1, 0.15) is 5.82 Å². The number of benzene rings is 2. The monoisotopic (exact) mass is 420 g/mol. The highest BCUT2D eigenvalue weighted by molar-refractivity contribution is 7.80. The van der Waals surface area contributed by atoms with Gasteiger partial charge in [-0.3, -0.25) is 0 Å². The molecule has 4 rings (SSSR count). The minimum Gasteiger partial charge on any atom is -0.493 e. The van der Waals surface area contributed by atoms with Gasteiger partial charge in [-0.05, 0) is 61.3 Å². The summed E-state index contributed by atoms with van der Waals surface area (Å²) in [5.41, 5.74) is 2.83. The summed E-state index contributed by atoms with van der Waals surface area (Å²) in [7, 11) is 0. The second kappa shape index (κ2) is 9.00. The largest absolute Gasteiger partial charge is 0.493 e. The van der Waals surface area contributed by atoms with Crippen molar-refractivity contribution in [2.24, 2.45) is 10.2 Å². The maximum atomic E-state index is 13.9. The van der Waals surface area contributed by atoms with Gasteiger partial charge in [-0.1, -0.05) is 42.5 Å². The van der Waals surface area contributed by atoms with Crippen LogP contribution in [-0.4, -0.2) is 14.8 Å². The molecule has 0 radical (unpaired) electrons. The zero-order chi connectivity index (χ0) is 20.9. The van der Waals surface area contributed by atoms with Crippen LogP contribution in [0.3, 0.4) is 0 Å². The standard InChI is InChI=1S/C23H21FN4OS/c24-17-12-13-20-19(14-17)21(22(29)28(20)15-16-8-4-3-5-9-16)26-27-23(30)25-18-10-6-1-2-7-11-18/h1,3-6,8-10,12-14,29H,2,7,11,15H2,(H,25,30). The first-order chi connectivity index (χ1) is 14.6. The van der Waals surface area contributed by atoms with E-state index in [-0.39, 0.29) is 16.7 Å². The highest BCUT2D eigenvalue weighted by Crippen LogP contribution is 2.39. The molecular weight excluding hydrogens is 399 g/mol. The summed E-state index contributed by atoms with van der Waals surface area (Å²) in [6, 6.07) is 14.1. The van der Waals surface area contributed by atoms with Gasteiger partial charge in [0.05, 0.1) is 12.1 Å². The molecule has 0 atom stereocenters. The van der Waals surface area contributed by atoms with Crippen molar-refractivity contribution in [2.75, 3.05) is 0 Å². The first kappa shape index (κ1) is 20.0. The van der Waals surface area contributed by atoms with Crippen LogP contribution in [-0.2, 0) is 6.54 Å². The van der Waals surface area contributed by atoms with Crippen molar-refractivity contribution < 1.29 is 9.50 Å². The fourth-order valence-corrected chi connectivity index (χ4v) is 3.63. The summed E-state index contributed by atoms with van der Waals surface area (Å²) in [6.07, 6.45) is 8.98. The van der Waals surface area contributed by atoms with Gasteiger partial charge in [0.15, 0.2) is 5.69 Å². The molecule has 0 fully saturated rings. The molecule has 0 spiro atoms. The molecular formula is C23H21FN4OS. The van der Waals surface area contributed by atoms with Gasteiger partial charge in [-0.2, -0.15) is 0 Å². The molecule has 5 nitrogen and oxygen atoms in total. The Morgan fingerprint density at radius 2 is 2.03 bits per heavy atom. The molecule has 0 bridgehead atoms. The molecule has 0 aliphatic heterocycles. The third-order valence-electron chi connectivity index (χ3n) is 4.91. The fourth-order valence-electron chi connectivity index (χ4n) is 3.46. The predicted molar refractivity (Wildman–Crippen MR) is 120 cm³/mol. The number of nitrogens with one attached hydrogen (secondary N) is 1. The maximum absolute atomic E-state index is 13.9. The Bertz CT molecular complexity index is 1160. The van der Waals surface area contributed by atoms with E-state index < -0.39 is 5.82 Å². The summed E-state index contributed by atoms with van der Waals surface area (Å²) in [4.78, 5) is 0. The van der Waals surface area contributed by atoms with Crippen LogP contribution in [0.4, 0.5) is 10.1 Å². The number of aromatic hydroxyl groups is 1. The lowest BCUT2D eigenvalue weighted by atomic mass is 10.2. The quantitative estimate of drug-likeness (QED) is 0.395. The number of allylic oxidation sites excluding steroid dienone is 4. The van der Waals surface area contributed by atoms with E-state index in [4.69, 9.17) is 12.2 Å². The number of hydrogen-bond donors (Lipinski definition) is 2. The van der Waals surface area contributed by atoms with E-state index in [1.807, 2.05) is 42.5 Å². The van der Waals surface area contributed by atoms with Crippen molar-refractivity contribution in [3.05, 3.63) is 83.8 Å². The lowest BCUT2D eigenvalue weighted by molar-refractivity contribution is 0.429. The second-order valence-corrected chi connectivity index (χ2v) is 7.43. The normalized spacial score (nSPS) is 14.1. The Morgan fingerprint density at radius 1 is 1.20 bits per heavy atom. The molecule has 0 unspecified atom stereocenters. The minimum atomic E-state index is -0.410. The van der Waals surface area contributed by atoms with Crippen LogP contribution in [0.2, 0.25) is 0 Å². The molecule has 0 saturated heterocycles. The van der Waals surface area contributed by atoms with Gasteiger partial charge in [0.2, 0.25) is 11.0 Å². The van der Waals surface area contributed by atoms with Gasteiger partial charge >= 0.3 is 0 Å². The van der Waals surface area contributed by atoms with Crippen molar-refractivity contribution in [1.82, 2.24) is 9.88 Å². The van der Waals surface area contributed by atoms with Crippen LogP contribution >= 0.6 is 12.2 Å². The van der Waals surface area contributed by atoms with E-state index in [9.17, 15) is 9.50 Å². The van der Waals surface area contributed by atoms with Crippen LogP contribution in [0.15, 0.2) is 82.7 Å². The Morgan fingerprint density at radius 3 is 2.87 bits per heavy atom. The van der Waals surface area contributed by atoms with Gasteiger partial charge in [0, 0.05) is 11.1 Å². The molecule has 1 aliphatic carbocycles. The molecule has 3 aromatic rings. The van der Waals surface area contributed by atoms with Crippen LogP contribution in [0.25, 0.3) is 10.9 Å². The van der Waals surface area contributed by atoms with Crippen molar-refractivity contribution >= 4 is 33.9 Å². The number of rotatable bonds is 4. The Balaban J connectivity index is 1.64. The molecule has 30 heavy (non-hydrogen) atoms. The highest BCUT2D eigenvalue weighted by Gasteiger charge is 2.18. The summed E-state index contributed by atoms with van der Waals surface area (Å²) in [5.74, 6) is -0.491. The number of halogens is 1. The SMILES string of the molecule is Oc1c(N=NC(=S)NC2=CC=CCCC2)c2cc(F)ccc2n1Cc1ccccc1. The summed E-state index contributed by atoms with van der Waals surface area (Å²) in [5, 5.41) is 22.8. The van der Waals surface area contributed by atoms with Gasteiger partial charge in [0.25, 0.3) is 0 Å². The zero-order valence-electron chi connectivity index (χ0n) is 16.3. The smallest absolute Gasteiger partial charge is 0.221 e. The number of hydrogen-bond acceptors (Lipinski definition) is 3. The first-order valence-electron chi connectivity index (χ1n) is 9.75. The molecule has 2 aromatic carbocycles. The fraction of sp³-hybridized carbons (Fsp3) is 0.174. The maximum Gasteiger partial charge on any atom is 0.221 e. The average molecular weight is 421 g/mol. The number of azo groups is 1. The summed E-state index contributed by atoms with van der Waals surface area (Å²) >= 11 is 5.28. The lowest BCUT2D eigenvalue weighted by Gasteiger charge is -2.07. The van der Waals surface area contributed by atoms with Gasteiger partial charge in [-0.25, -0.2) is 4.39 Å². The van der Waals surface area contributed by atoms with Crippen molar-refractivity contribution in [3.63, 3.8) is 0 Å². The Kier molecular flexibility index (Phi) is 5.99. The lowest BCUT2D eigenvalue weighted by Crippen LogP contribution is -2.18. The predicted octanol–water partition coefficient (Wildman–Crippen LogP) is 6.12. The molecule has 1 aromatic heterocycles. The Labute approximate surface area is 179 Å². The Hall–Kier alpha value is -3.32. The van der Waals surface area contributed by atoms with E-state index in [1.54, 1.807) is 10.6 Å². The number of aromatic nitrogens is 1. The zero-order valence-corrected chi connectivity index (χ0v) is 17.1. The van der Waals surface area contributed by atoms with Gasteiger partial charge < -0.3 is 15.0 Å². The average Bonchev–Trinajstić information content (AvgIpc) is 2.90. The highest BCUT2D eigenvalue weighted by atomic mass is 32.1. The van der Waals surface area contributed by atoms with E-state index in [1.165, 1.54) is 12.1 Å². The van der Waals surface area contributed by atoms with Crippen LogP contribution in [0, 0.1) is 5.82 Å². The molecule has 2 N–H and O–H groups in total. The molecule has 1 heterocycles. The second-order valence-electron chi connectivity index (χ2n) is 7.05. The van der Waals surface area contributed by atoms with Crippen LogP contribution in [0.5, 0.6) is 5.88 Å². The van der Waals surface area contributed by atoms with Crippen molar-refractivity contribution in [3.8, 4) is 5.88 Å². The van der Waals surface area contributed by atoms with E-state index in [0.29, 0.717) is 17.4 Å². The van der Waals surface area contributed by atoms with Gasteiger partial charge in [-0.15, -0.1) is 10.2 Å². The summed E-state index contributed by atoms with van der Waals surface area (Å²) < 4.78 is 15.6. The molecule has 0 amide bonds. The van der Waals surface area contributed by atoms with E-state index in [2.05, 4.69) is 21.6 Å². The third-order valence-corrected chi connectivity index (χ3v) is 5.10. The van der Waals surface area contributed by atoms with Crippen molar-refractivity contribution in [2.45, 2.75) is 25.8 Å². The molecule has 152 valence electrons. The first-order valence-corrected chi connectivity index (χ1v) is 10.2. The van der Waals surface area contributed by atoms with Crippen molar-refractivity contribution in [1.29, 1.82) is 0 Å². The topological polar surface area (TPSA) is 61.9 Å². The van der Waals surface area contributed by atoms with Crippen LogP contribution in [0.1, 0.15) is 24.8 Å². The number of thiocarbonyl (C=S) groups is 1. The molecule has 0 saturated carbocycles. The number of nitrogens with zero attached hydrogens (tertiary/aromatic N) is 3. The summed E-state index contributed by atoms with van der Waals surface area (Å²) in [6.45, 7) is 0.423. The third kappa shape index (κ3) is 4.46. The molecule has 1 aliphatic rings. The van der Waals surface area contributed by atoms with E-state index >= 15 is 0 Å². The van der Waals surface area contributed by atoms with E-state index in [0.717, 1.165) is 30.5 Å². The molecule has 7 heteroatoms. The van der Waals surface area contributed by atoms with Crippen LogP contribution < -0.4 is 5.32 Å². The number of fused-ring (bicyclic) bond motifs is 1. The minimum absolute atomic E-state index is 0.0809.